The van der Waals surface area contributed by atoms with Crippen LogP contribution in [0.25, 0.3) is 0 Å². The average Bonchev–Trinajstić information content (AvgIpc) is 3.34. The first kappa shape index (κ1) is 22.1. The van der Waals surface area contributed by atoms with E-state index in [1.165, 1.54) is 4.68 Å². The molecule has 0 aliphatic rings. The van der Waals surface area contributed by atoms with Gasteiger partial charge in [-0.15, -0.1) is 0 Å². The normalized spacial score (nSPS) is 10.9. The summed E-state index contributed by atoms with van der Waals surface area (Å²) in [6, 6.07) is 16.5. The van der Waals surface area contributed by atoms with Gasteiger partial charge in [-0.25, -0.2) is 4.68 Å². The lowest BCUT2D eigenvalue weighted by Gasteiger charge is -2.12. The number of hydrogen-bond acceptors (Lipinski definition) is 4. The summed E-state index contributed by atoms with van der Waals surface area (Å²) < 4.78 is 10.1. The number of ether oxygens (including phenoxy) is 1. The molecule has 4 aromatic rings. The highest BCUT2D eigenvalue weighted by atomic mass is 79.9. The minimum atomic E-state index is -0.281. The fourth-order valence-corrected chi connectivity index (χ4v) is 3.74. The van der Waals surface area contributed by atoms with Crippen molar-refractivity contribution in [3.63, 3.8) is 0 Å². The molecule has 0 saturated heterocycles. The van der Waals surface area contributed by atoms with Crippen LogP contribution in [0.5, 0.6) is 5.75 Å². The molecule has 4 rings (SSSR count). The van der Waals surface area contributed by atoms with Crippen LogP contribution >= 0.6 is 27.5 Å². The molecular weight excluding hydrogens is 494 g/mol. The van der Waals surface area contributed by atoms with Gasteiger partial charge in [-0.05, 0) is 65.7 Å². The Morgan fingerprint density at radius 3 is 2.69 bits per heavy atom. The molecular formula is C23H21BrClN5O2. The molecule has 9 heteroatoms. The topological polar surface area (TPSA) is 74.0 Å². The van der Waals surface area contributed by atoms with Gasteiger partial charge in [-0.1, -0.05) is 35.9 Å². The van der Waals surface area contributed by atoms with Crippen LogP contribution in [0.2, 0.25) is 5.02 Å². The highest BCUT2D eigenvalue weighted by Crippen LogP contribution is 2.24. The number of carbonyl (C=O) groups excluding carboxylic acids is 1. The summed E-state index contributed by atoms with van der Waals surface area (Å²) in [5.41, 5.74) is 4.09. The Kier molecular flexibility index (Phi) is 6.62. The number of halogens is 2. The smallest absolute Gasteiger partial charge is 0.274 e. The van der Waals surface area contributed by atoms with Crippen molar-refractivity contribution < 1.29 is 9.53 Å². The van der Waals surface area contributed by atoms with E-state index in [9.17, 15) is 4.79 Å². The number of carbonyl (C=O) groups is 1. The molecule has 2 aromatic heterocycles. The minimum absolute atomic E-state index is 0.0618. The summed E-state index contributed by atoms with van der Waals surface area (Å²) in [5, 5.41) is 12.2. The maximum Gasteiger partial charge on any atom is 0.274 e. The van der Waals surface area contributed by atoms with Gasteiger partial charge in [0.25, 0.3) is 5.91 Å². The SMILES string of the molecule is Cc1nn(Cc2cccc(NC(=O)c3ccnn3COc3ccccc3Cl)c2)c(C)c1Br. The molecule has 0 spiro atoms. The van der Waals surface area contributed by atoms with E-state index in [0.717, 1.165) is 21.4 Å². The van der Waals surface area contributed by atoms with Gasteiger partial charge < -0.3 is 10.1 Å². The zero-order valence-corrected chi connectivity index (χ0v) is 19.9. The summed E-state index contributed by atoms with van der Waals surface area (Å²) in [7, 11) is 0. The van der Waals surface area contributed by atoms with Crippen LogP contribution in [0.3, 0.4) is 0 Å². The summed E-state index contributed by atoms with van der Waals surface area (Å²) in [6.07, 6.45) is 1.56. The number of nitrogens with one attached hydrogen (secondary N) is 1. The van der Waals surface area contributed by atoms with Crippen molar-refractivity contribution in [2.75, 3.05) is 5.32 Å². The van der Waals surface area contributed by atoms with E-state index in [4.69, 9.17) is 16.3 Å². The number of rotatable bonds is 7. The molecule has 0 bridgehead atoms. The second-order valence-electron chi connectivity index (χ2n) is 7.22. The lowest BCUT2D eigenvalue weighted by Crippen LogP contribution is -2.20. The van der Waals surface area contributed by atoms with E-state index in [2.05, 4.69) is 31.4 Å². The summed E-state index contributed by atoms with van der Waals surface area (Å²) in [6.45, 7) is 4.64. The molecule has 0 radical (unpaired) electrons. The third-order valence-electron chi connectivity index (χ3n) is 4.94. The van der Waals surface area contributed by atoms with E-state index >= 15 is 0 Å². The van der Waals surface area contributed by atoms with E-state index in [1.54, 1.807) is 24.4 Å². The van der Waals surface area contributed by atoms with Crippen LogP contribution in [0.1, 0.15) is 27.4 Å². The molecule has 1 N–H and O–H groups in total. The van der Waals surface area contributed by atoms with Crippen molar-refractivity contribution in [1.29, 1.82) is 0 Å². The summed E-state index contributed by atoms with van der Waals surface area (Å²) in [5.74, 6) is 0.246. The quantitative estimate of drug-likeness (QED) is 0.356. The third kappa shape index (κ3) is 4.87. The zero-order valence-electron chi connectivity index (χ0n) is 17.5. The highest BCUT2D eigenvalue weighted by molar-refractivity contribution is 9.10. The number of nitrogens with zero attached hydrogens (tertiary/aromatic N) is 4. The molecule has 0 atom stereocenters. The fraction of sp³-hybridized carbons (Fsp3) is 0.174. The van der Waals surface area contributed by atoms with Gasteiger partial charge >= 0.3 is 0 Å². The zero-order chi connectivity index (χ0) is 22.7. The lowest BCUT2D eigenvalue weighted by molar-refractivity contribution is 0.100. The Morgan fingerprint density at radius 2 is 1.94 bits per heavy atom. The van der Waals surface area contributed by atoms with Crippen molar-refractivity contribution >= 4 is 39.1 Å². The van der Waals surface area contributed by atoms with E-state index < -0.39 is 0 Å². The molecule has 164 valence electrons. The number of benzene rings is 2. The van der Waals surface area contributed by atoms with Crippen LogP contribution in [0, 0.1) is 13.8 Å². The van der Waals surface area contributed by atoms with E-state index in [1.807, 2.05) is 54.9 Å². The molecule has 7 nitrogen and oxygen atoms in total. The van der Waals surface area contributed by atoms with Gasteiger partial charge in [0.2, 0.25) is 0 Å². The highest BCUT2D eigenvalue weighted by Gasteiger charge is 2.14. The Bertz CT molecular complexity index is 1270. The van der Waals surface area contributed by atoms with Crippen molar-refractivity contribution in [3.05, 3.63) is 92.9 Å². The van der Waals surface area contributed by atoms with Crippen molar-refractivity contribution in [3.8, 4) is 5.75 Å². The summed E-state index contributed by atoms with van der Waals surface area (Å²) in [4.78, 5) is 12.9. The van der Waals surface area contributed by atoms with Crippen LogP contribution in [0.15, 0.2) is 65.3 Å². The van der Waals surface area contributed by atoms with E-state index in [0.29, 0.717) is 28.7 Å². The standard InChI is InChI=1S/C23H21BrClN5O2/c1-15-22(24)16(2)29(28-15)13-17-6-5-7-18(12-17)27-23(31)20-10-11-26-30(20)14-32-21-9-4-3-8-19(21)25/h3-12H,13-14H2,1-2H3,(H,27,31). The van der Waals surface area contributed by atoms with Gasteiger partial charge in [0.15, 0.2) is 6.73 Å². The molecule has 2 heterocycles. The van der Waals surface area contributed by atoms with Gasteiger partial charge in [0.1, 0.15) is 11.4 Å². The molecule has 1 amide bonds. The number of aryl methyl sites for hydroxylation is 1. The van der Waals surface area contributed by atoms with Crippen LogP contribution in [-0.2, 0) is 13.3 Å². The van der Waals surface area contributed by atoms with E-state index in [-0.39, 0.29) is 12.6 Å². The predicted molar refractivity (Wildman–Crippen MR) is 127 cm³/mol. The molecule has 0 saturated carbocycles. The Balaban J connectivity index is 1.45. The maximum absolute atomic E-state index is 12.9. The molecule has 32 heavy (non-hydrogen) atoms. The van der Waals surface area contributed by atoms with Crippen LogP contribution in [0.4, 0.5) is 5.69 Å². The average molecular weight is 515 g/mol. The van der Waals surface area contributed by atoms with Gasteiger partial charge in [-0.3, -0.25) is 9.48 Å². The number of hydrogen-bond donors (Lipinski definition) is 1. The Morgan fingerprint density at radius 1 is 1.12 bits per heavy atom. The second kappa shape index (κ2) is 9.58. The number of aromatic nitrogens is 4. The monoisotopic (exact) mass is 513 g/mol. The van der Waals surface area contributed by atoms with Crippen LogP contribution in [-0.4, -0.2) is 25.5 Å². The Labute approximate surface area is 199 Å². The molecule has 0 aliphatic heterocycles. The largest absolute Gasteiger partial charge is 0.470 e. The molecule has 2 aromatic carbocycles. The molecule has 0 fully saturated rings. The fourth-order valence-electron chi connectivity index (χ4n) is 3.27. The van der Waals surface area contributed by atoms with Gasteiger partial charge in [0.05, 0.1) is 27.4 Å². The first-order valence-corrected chi connectivity index (χ1v) is 11.1. The number of para-hydroxylation sites is 1. The first-order valence-electron chi connectivity index (χ1n) is 9.91. The number of amides is 1. The Hall–Kier alpha value is -3.10. The predicted octanol–water partition coefficient (Wildman–Crippen LogP) is 5.45. The third-order valence-corrected chi connectivity index (χ3v) is 6.40. The van der Waals surface area contributed by atoms with Crippen LogP contribution < -0.4 is 10.1 Å². The minimum Gasteiger partial charge on any atom is -0.470 e. The number of anilines is 1. The lowest BCUT2D eigenvalue weighted by atomic mass is 10.2. The maximum atomic E-state index is 12.9. The van der Waals surface area contributed by atoms with Crippen molar-refractivity contribution in [1.82, 2.24) is 19.6 Å². The van der Waals surface area contributed by atoms with Crippen molar-refractivity contribution in [2.45, 2.75) is 27.1 Å². The van der Waals surface area contributed by atoms with Gasteiger partial charge in [-0.2, -0.15) is 10.2 Å². The first-order chi connectivity index (χ1) is 15.4. The molecule has 0 aliphatic carbocycles. The summed E-state index contributed by atoms with van der Waals surface area (Å²) >= 11 is 9.68. The van der Waals surface area contributed by atoms with Gasteiger partial charge in [0, 0.05) is 11.9 Å². The van der Waals surface area contributed by atoms with Crippen molar-refractivity contribution in [2.24, 2.45) is 0 Å². The molecule has 0 unspecified atom stereocenters. The second-order valence-corrected chi connectivity index (χ2v) is 8.42.